The average Bonchev–Trinajstić information content (AvgIpc) is 2.98. The molecule has 0 amide bonds. The number of nitrogen functional groups attached to an aromatic ring is 1. The van der Waals surface area contributed by atoms with Crippen LogP contribution in [0.5, 0.6) is 0 Å². The molecule has 0 aliphatic carbocycles. The summed E-state index contributed by atoms with van der Waals surface area (Å²) in [5.41, 5.74) is 5.16. The van der Waals surface area contributed by atoms with Crippen molar-refractivity contribution in [2.24, 2.45) is 0 Å². The van der Waals surface area contributed by atoms with Crippen molar-refractivity contribution in [2.75, 3.05) is 5.73 Å². The number of anilines is 1. The van der Waals surface area contributed by atoms with Crippen LogP contribution in [0.1, 0.15) is 7.43 Å². The van der Waals surface area contributed by atoms with Gasteiger partial charge in [0.15, 0.2) is 0 Å². The van der Waals surface area contributed by atoms with Gasteiger partial charge >= 0.3 is 12.3 Å². The number of nitrogens with one attached hydrogen (secondary N) is 1. The Morgan fingerprint density at radius 3 is 1.76 bits per heavy atom. The maximum Gasteiger partial charge on any atom is 0.503 e. The second-order valence-corrected chi connectivity index (χ2v) is 3.80. The van der Waals surface area contributed by atoms with Crippen molar-refractivity contribution in [1.29, 1.82) is 0 Å². The Morgan fingerprint density at radius 1 is 0.880 bits per heavy atom. The summed E-state index contributed by atoms with van der Waals surface area (Å²) >= 11 is 0. The molecular formula is C15H20N4O6. The van der Waals surface area contributed by atoms with E-state index in [1.807, 2.05) is 30.6 Å². The zero-order chi connectivity index (χ0) is 18.4. The molecule has 1 aromatic carbocycles. The largest absolute Gasteiger partial charge is 0.503 e. The van der Waals surface area contributed by atoms with Gasteiger partial charge < -0.3 is 26.2 Å². The van der Waals surface area contributed by atoms with Crippen LogP contribution in [0.3, 0.4) is 0 Å². The lowest BCUT2D eigenvalue weighted by atomic mass is 10.2. The average molecular weight is 352 g/mol. The minimum atomic E-state index is -1.83. The number of hydrogen-bond acceptors (Lipinski definition) is 5. The van der Waals surface area contributed by atoms with Crippen molar-refractivity contribution in [1.82, 2.24) is 15.2 Å². The molecule has 2 aromatic heterocycles. The van der Waals surface area contributed by atoms with Crippen LogP contribution >= 0.6 is 0 Å². The number of rotatable bonds is 0. The van der Waals surface area contributed by atoms with Crippen LogP contribution in [0.2, 0.25) is 0 Å². The van der Waals surface area contributed by atoms with E-state index in [9.17, 15) is 0 Å². The van der Waals surface area contributed by atoms with E-state index < -0.39 is 12.3 Å². The Morgan fingerprint density at radius 2 is 1.40 bits per heavy atom. The van der Waals surface area contributed by atoms with Crippen LogP contribution in [-0.2, 0) is 0 Å². The number of nitrogens with two attached hydrogens (primary N) is 1. The van der Waals surface area contributed by atoms with E-state index in [4.69, 9.17) is 35.7 Å². The standard InChI is InChI=1S/C9H7N.C3H5N3.2CH2O3.CH4/c1-2-4-9-7-10-6-5-8(9)3-1;4-3-1-2-5-6-3;2*2-1(3)4;/h1-7H;1-2H,(H3,4,5,6);2*(H2,2,3,4);1H4. The predicted molar refractivity (Wildman–Crippen MR) is 92.8 cm³/mol. The molecule has 0 bridgehead atoms. The van der Waals surface area contributed by atoms with Gasteiger partial charge in [-0.15, -0.1) is 0 Å². The van der Waals surface area contributed by atoms with Crippen molar-refractivity contribution in [3.8, 4) is 0 Å². The van der Waals surface area contributed by atoms with Crippen LogP contribution < -0.4 is 5.73 Å². The van der Waals surface area contributed by atoms with E-state index in [0.29, 0.717) is 5.82 Å². The highest BCUT2D eigenvalue weighted by atomic mass is 16.6. The topological polar surface area (TPSA) is 183 Å². The minimum absolute atomic E-state index is 0. The fraction of sp³-hybridized carbons (Fsp3) is 0.0667. The molecule has 0 unspecified atom stereocenters. The van der Waals surface area contributed by atoms with Gasteiger partial charge in [-0.3, -0.25) is 10.1 Å². The molecule has 3 rings (SSSR count). The van der Waals surface area contributed by atoms with Crippen molar-refractivity contribution in [2.45, 2.75) is 7.43 Å². The Labute approximate surface area is 143 Å². The van der Waals surface area contributed by atoms with Gasteiger partial charge in [0.05, 0.1) is 6.20 Å². The molecular weight excluding hydrogens is 332 g/mol. The first-order valence-electron chi connectivity index (χ1n) is 6.20. The number of carbonyl (C=O) groups is 2. The van der Waals surface area contributed by atoms with Crippen LogP contribution in [0.15, 0.2) is 55.0 Å². The first kappa shape index (κ1) is 23.4. The summed E-state index contributed by atoms with van der Waals surface area (Å²) in [6.45, 7) is 0. The van der Waals surface area contributed by atoms with Crippen molar-refractivity contribution in [3.63, 3.8) is 0 Å². The summed E-state index contributed by atoms with van der Waals surface area (Å²) in [7, 11) is 0. The summed E-state index contributed by atoms with van der Waals surface area (Å²) in [4.78, 5) is 21.1. The van der Waals surface area contributed by atoms with E-state index in [-0.39, 0.29) is 7.43 Å². The molecule has 0 aliphatic rings. The molecule has 136 valence electrons. The number of benzene rings is 1. The second kappa shape index (κ2) is 13.8. The SMILES string of the molecule is C.Nc1ccn[nH]1.O=C(O)O.O=C(O)O.c1ccc2cnccc2c1. The molecule has 10 nitrogen and oxygen atoms in total. The quantitative estimate of drug-likeness (QED) is 0.353. The third kappa shape index (κ3) is 14.9. The Balaban J connectivity index is 0. The molecule has 0 spiro atoms. The van der Waals surface area contributed by atoms with Crippen LogP contribution in [0.4, 0.5) is 15.4 Å². The van der Waals surface area contributed by atoms with Gasteiger partial charge in [0.2, 0.25) is 0 Å². The van der Waals surface area contributed by atoms with Crippen LogP contribution in [0, 0.1) is 0 Å². The van der Waals surface area contributed by atoms with E-state index in [1.54, 1.807) is 12.3 Å². The number of aromatic amines is 1. The van der Waals surface area contributed by atoms with Gasteiger partial charge in [-0.1, -0.05) is 31.7 Å². The van der Waals surface area contributed by atoms with Gasteiger partial charge in [-0.05, 0) is 22.9 Å². The molecule has 10 heteroatoms. The van der Waals surface area contributed by atoms with Gasteiger partial charge in [0.1, 0.15) is 5.82 Å². The molecule has 0 radical (unpaired) electrons. The highest BCUT2D eigenvalue weighted by Gasteiger charge is 1.86. The lowest BCUT2D eigenvalue weighted by molar-refractivity contribution is 0.135. The first-order chi connectivity index (χ1) is 11.3. The van der Waals surface area contributed by atoms with Crippen molar-refractivity contribution in [3.05, 3.63) is 55.0 Å². The lowest BCUT2D eigenvalue weighted by Gasteiger charge is -1.91. The van der Waals surface area contributed by atoms with Gasteiger partial charge in [0.25, 0.3) is 0 Å². The molecule has 2 heterocycles. The zero-order valence-electron chi connectivity index (χ0n) is 12.3. The third-order valence-electron chi connectivity index (χ3n) is 2.07. The van der Waals surface area contributed by atoms with Crippen molar-refractivity contribution < 1.29 is 30.0 Å². The number of aromatic nitrogens is 3. The molecule has 3 aromatic rings. The Kier molecular flexibility index (Phi) is 13.0. The number of H-pyrrole nitrogens is 1. The normalized spacial score (nSPS) is 8.00. The predicted octanol–water partition coefficient (Wildman–Crippen LogP) is 3.31. The summed E-state index contributed by atoms with van der Waals surface area (Å²) in [6, 6.07) is 11.9. The fourth-order valence-electron chi connectivity index (χ4n) is 1.29. The number of pyridine rings is 1. The number of fused-ring (bicyclic) bond motifs is 1. The second-order valence-electron chi connectivity index (χ2n) is 3.80. The van der Waals surface area contributed by atoms with E-state index in [1.165, 1.54) is 10.8 Å². The molecule has 7 N–H and O–H groups in total. The minimum Gasteiger partial charge on any atom is -0.450 e. The zero-order valence-corrected chi connectivity index (χ0v) is 12.3. The Bertz CT molecular complexity index is 648. The first-order valence-corrected chi connectivity index (χ1v) is 6.20. The monoisotopic (exact) mass is 352 g/mol. The van der Waals surface area contributed by atoms with Crippen molar-refractivity contribution >= 4 is 28.9 Å². The van der Waals surface area contributed by atoms with Gasteiger partial charge in [-0.2, -0.15) is 5.10 Å². The third-order valence-corrected chi connectivity index (χ3v) is 2.07. The summed E-state index contributed by atoms with van der Waals surface area (Å²) < 4.78 is 0. The molecule has 0 fully saturated rings. The highest BCUT2D eigenvalue weighted by molar-refractivity contribution is 5.80. The highest BCUT2D eigenvalue weighted by Crippen LogP contribution is 2.09. The smallest absolute Gasteiger partial charge is 0.450 e. The molecule has 0 aliphatic heterocycles. The molecule has 25 heavy (non-hydrogen) atoms. The van der Waals surface area contributed by atoms with Crippen LogP contribution in [0.25, 0.3) is 10.8 Å². The maximum atomic E-state index is 8.56. The summed E-state index contributed by atoms with van der Waals surface area (Å²) in [6.07, 6.45) is 1.62. The molecule has 0 saturated heterocycles. The van der Waals surface area contributed by atoms with Gasteiger partial charge in [0, 0.05) is 12.4 Å². The molecule has 0 atom stereocenters. The fourth-order valence-corrected chi connectivity index (χ4v) is 1.29. The number of nitrogens with zero attached hydrogens (tertiary/aromatic N) is 2. The van der Waals surface area contributed by atoms with E-state index in [2.05, 4.69) is 27.3 Å². The van der Waals surface area contributed by atoms with E-state index in [0.717, 1.165) is 0 Å². The molecule has 0 saturated carbocycles. The van der Waals surface area contributed by atoms with Crippen LogP contribution in [-0.4, -0.2) is 47.9 Å². The van der Waals surface area contributed by atoms with E-state index >= 15 is 0 Å². The lowest BCUT2D eigenvalue weighted by Crippen LogP contribution is -1.81. The Hall–Kier alpha value is -3.82. The number of hydrogen-bond donors (Lipinski definition) is 6. The summed E-state index contributed by atoms with van der Waals surface area (Å²) in [5, 5.41) is 36.4. The number of carboxylic acid groups (broad SMARTS) is 4. The summed E-state index contributed by atoms with van der Waals surface area (Å²) in [5.74, 6) is 0.606. The van der Waals surface area contributed by atoms with Gasteiger partial charge in [-0.25, -0.2) is 9.59 Å². The maximum absolute atomic E-state index is 8.56.